The molecule has 0 unspecified atom stereocenters. The number of methoxy groups -OCH3 is 1. The number of hydrogen-bond acceptors (Lipinski definition) is 5. The molecule has 0 aliphatic carbocycles. The minimum Gasteiger partial charge on any atom is -0.496 e. The summed E-state index contributed by atoms with van der Waals surface area (Å²) in [4.78, 5) is 21.7. The van der Waals surface area contributed by atoms with Crippen molar-refractivity contribution in [1.29, 1.82) is 0 Å². The first-order chi connectivity index (χ1) is 16.3. The fourth-order valence-corrected chi connectivity index (χ4v) is 3.42. The molecule has 2 aromatic carbocycles. The second-order valence-electron chi connectivity index (χ2n) is 7.09. The van der Waals surface area contributed by atoms with Crippen LogP contribution in [0.25, 0.3) is 22.4 Å². The Hall–Kier alpha value is -4.04. The van der Waals surface area contributed by atoms with Crippen molar-refractivity contribution < 1.29 is 23.0 Å². The predicted octanol–water partition coefficient (Wildman–Crippen LogP) is 6.24. The quantitative estimate of drug-likeness (QED) is 0.316. The maximum Gasteiger partial charge on any atom is 0.487 e. The average Bonchev–Trinajstić information content (AvgIpc) is 2.84. The topological polar surface area (TPSA) is 73.3 Å². The van der Waals surface area contributed by atoms with Crippen molar-refractivity contribution >= 4 is 23.2 Å². The molecule has 9 heteroatoms. The van der Waals surface area contributed by atoms with E-state index in [-0.39, 0.29) is 5.75 Å². The summed E-state index contributed by atoms with van der Waals surface area (Å²) in [5.74, 6) is 0.0717. The lowest BCUT2D eigenvalue weighted by Gasteiger charge is -2.14. The molecule has 0 bridgehead atoms. The number of hydrogen-bond donors (Lipinski definition) is 1. The van der Waals surface area contributed by atoms with Gasteiger partial charge >= 0.3 is 5.57 Å². The van der Waals surface area contributed by atoms with E-state index in [2.05, 4.69) is 20.0 Å². The fourth-order valence-electron chi connectivity index (χ4n) is 3.33. The summed E-state index contributed by atoms with van der Waals surface area (Å²) in [6, 6.07) is 18.2. The van der Waals surface area contributed by atoms with Crippen LogP contribution >= 0.6 is 11.6 Å². The summed E-state index contributed by atoms with van der Waals surface area (Å²) in [5.41, 5.74) is -0.278. The molecule has 0 aliphatic heterocycles. The Morgan fingerprint density at radius 3 is 2.44 bits per heavy atom. The lowest BCUT2D eigenvalue weighted by Crippen LogP contribution is -2.16. The molecule has 0 atom stereocenters. The number of benzene rings is 2. The van der Waals surface area contributed by atoms with Gasteiger partial charge in [0.1, 0.15) is 11.5 Å². The Morgan fingerprint density at radius 2 is 1.76 bits per heavy atom. The number of anilines is 1. The number of alkyl halides is 3. The molecule has 172 valence electrons. The largest absolute Gasteiger partial charge is 0.496 e. The van der Waals surface area contributed by atoms with E-state index in [1.165, 1.54) is 30.5 Å². The van der Waals surface area contributed by atoms with Gasteiger partial charge in [-0.1, -0.05) is 18.2 Å². The van der Waals surface area contributed by atoms with Gasteiger partial charge in [0.05, 0.1) is 18.4 Å². The molecule has 0 saturated carbocycles. The molecule has 6 nitrogen and oxygen atoms in total. The van der Waals surface area contributed by atoms with Crippen molar-refractivity contribution in [1.82, 2.24) is 9.97 Å². The monoisotopic (exact) mass is 481 g/mol. The van der Waals surface area contributed by atoms with Crippen LogP contribution in [0.5, 0.6) is 11.5 Å². The maximum absolute atomic E-state index is 12.9. The Bertz CT molecular complexity index is 1300. The highest BCUT2D eigenvalue weighted by Gasteiger charge is 2.27. The number of amides is 1. The van der Waals surface area contributed by atoms with Crippen LogP contribution in [-0.4, -0.2) is 28.6 Å². The summed E-state index contributed by atoms with van der Waals surface area (Å²) >= 11 is 4.77. The molecular formula is C25H18ClF2N3O3. The van der Waals surface area contributed by atoms with E-state index in [0.29, 0.717) is 28.3 Å². The van der Waals surface area contributed by atoms with Crippen LogP contribution in [0.4, 0.5) is 14.5 Å². The Balaban J connectivity index is 1.66. The molecule has 4 rings (SSSR count). The minimum atomic E-state index is -3.82. The molecular weight excluding hydrogens is 464 g/mol. The van der Waals surface area contributed by atoms with E-state index in [9.17, 15) is 13.6 Å². The number of aromatic nitrogens is 2. The lowest BCUT2D eigenvalue weighted by atomic mass is 9.98. The summed E-state index contributed by atoms with van der Waals surface area (Å²) in [6.07, 6.45) is 4.80. The summed E-state index contributed by atoms with van der Waals surface area (Å²) in [7, 11) is 1.58. The highest BCUT2D eigenvalue weighted by molar-refractivity contribution is 6.20. The number of nitrogens with one attached hydrogen (secondary N) is 1. The molecule has 0 fully saturated rings. The van der Waals surface area contributed by atoms with Crippen molar-refractivity contribution in [3.63, 3.8) is 0 Å². The lowest BCUT2D eigenvalue weighted by molar-refractivity contribution is -0.0964. The number of ether oxygens (including phenoxy) is 2. The molecule has 2 aromatic heterocycles. The molecule has 0 saturated heterocycles. The third kappa shape index (κ3) is 5.47. The zero-order valence-corrected chi connectivity index (χ0v) is 18.6. The van der Waals surface area contributed by atoms with Crippen LogP contribution in [0.1, 0.15) is 10.4 Å². The zero-order chi connectivity index (χ0) is 24.1. The molecule has 2 heterocycles. The van der Waals surface area contributed by atoms with Gasteiger partial charge in [-0.05, 0) is 48.5 Å². The predicted molar refractivity (Wildman–Crippen MR) is 125 cm³/mol. The number of carbonyl (C=O) groups excluding carboxylic acids is 1. The van der Waals surface area contributed by atoms with Gasteiger partial charge in [-0.3, -0.25) is 14.8 Å². The van der Waals surface area contributed by atoms with E-state index >= 15 is 0 Å². The van der Waals surface area contributed by atoms with Crippen molar-refractivity contribution in [2.24, 2.45) is 0 Å². The van der Waals surface area contributed by atoms with Gasteiger partial charge in [-0.25, -0.2) is 0 Å². The third-order valence-electron chi connectivity index (χ3n) is 4.83. The van der Waals surface area contributed by atoms with Crippen molar-refractivity contribution in [3.05, 3.63) is 90.9 Å². The standard InChI is InChI=1S/C25H18ClF2N3O3/c1-33-22-7-3-2-6-20(22)23-21(16-5-4-12-29-14-16)13-17(15-30-23)24(32)31-18-8-10-19(11-9-18)34-25(26,27)28/h2-15H,1H3,(H,31,32). The summed E-state index contributed by atoms with van der Waals surface area (Å²) in [6.45, 7) is 0. The molecule has 34 heavy (non-hydrogen) atoms. The van der Waals surface area contributed by atoms with Gasteiger partial charge in [0.15, 0.2) is 0 Å². The molecule has 0 spiro atoms. The number of para-hydroxylation sites is 1. The molecule has 0 radical (unpaired) electrons. The van der Waals surface area contributed by atoms with Gasteiger partial charge in [-0.15, -0.1) is 8.78 Å². The number of nitrogens with zero attached hydrogens (tertiary/aromatic N) is 2. The van der Waals surface area contributed by atoms with Crippen LogP contribution in [0.3, 0.4) is 0 Å². The number of halogens is 3. The fraction of sp³-hybridized carbons (Fsp3) is 0.0800. The smallest absolute Gasteiger partial charge is 0.487 e. The second-order valence-corrected chi connectivity index (χ2v) is 7.53. The van der Waals surface area contributed by atoms with E-state index in [4.69, 9.17) is 16.3 Å². The SMILES string of the molecule is COc1ccccc1-c1ncc(C(=O)Nc2ccc(OC(F)(F)Cl)cc2)cc1-c1cccnc1. The third-order valence-corrected chi connectivity index (χ3v) is 4.91. The van der Waals surface area contributed by atoms with E-state index < -0.39 is 11.5 Å². The van der Waals surface area contributed by atoms with Crippen molar-refractivity contribution in [3.8, 4) is 33.9 Å². The Morgan fingerprint density at radius 1 is 1.00 bits per heavy atom. The Kier molecular flexibility index (Phi) is 6.70. The minimum absolute atomic E-state index is 0.139. The summed E-state index contributed by atoms with van der Waals surface area (Å²) in [5, 5.41) is 2.71. The van der Waals surface area contributed by atoms with E-state index in [0.717, 1.165) is 11.1 Å². The normalized spacial score (nSPS) is 11.1. The van der Waals surface area contributed by atoms with Crippen molar-refractivity contribution in [2.75, 3.05) is 12.4 Å². The van der Waals surface area contributed by atoms with Crippen LogP contribution < -0.4 is 14.8 Å². The zero-order valence-electron chi connectivity index (χ0n) is 17.8. The highest BCUT2D eigenvalue weighted by atomic mass is 35.5. The van der Waals surface area contributed by atoms with Gasteiger partial charge in [-0.2, -0.15) is 0 Å². The number of rotatable bonds is 7. The van der Waals surface area contributed by atoms with Gasteiger partial charge < -0.3 is 14.8 Å². The Labute approximate surface area is 199 Å². The molecule has 1 N–H and O–H groups in total. The van der Waals surface area contributed by atoms with Crippen molar-refractivity contribution in [2.45, 2.75) is 5.57 Å². The first kappa shape index (κ1) is 23.1. The second kappa shape index (κ2) is 9.84. The molecule has 0 aliphatic rings. The van der Waals surface area contributed by atoms with Gasteiger partial charge in [0.25, 0.3) is 5.91 Å². The van der Waals surface area contributed by atoms with E-state index in [1.807, 2.05) is 30.3 Å². The molecule has 1 amide bonds. The maximum atomic E-state index is 12.9. The highest BCUT2D eigenvalue weighted by Crippen LogP contribution is 2.36. The average molecular weight is 482 g/mol. The first-order valence-corrected chi connectivity index (χ1v) is 10.4. The first-order valence-electron chi connectivity index (χ1n) is 10.0. The van der Waals surface area contributed by atoms with Crippen LogP contribution in [0.15, 0.2) is 85.3 Å². The summed E-state index contributed by atoms with van der Waals surface area (Å²) < 4.78 is 35.3. The van der Waals surface area contributed by atoms with E-state index in [1.54, 1.807) is 31.6 Å². The van der Waals surface area contributed by atoms with Crippen LogP contribution in [0.2, 0.25) is 0 Å². The molecule has 4 aromatic rings. The number of pyridine rings is 2. The van der Waals surface area contributed by atoms with Gasteiger partial charge in [0, 0.05) is 52.6 Å². The van der Waals surface area contributed by atoms with Crippen LogP contribution in [-0.2, 0) is 0 Å². The van der Waals surface area contributed by atoms with Crippen LogP contribution in [0, 0.1) is 0 Å². The van der Waals surface area contributed by atoms with Gasteiger partial charge in [0.2, 0.25) is 0 Å². The number of carbonyl (C=O) groups is 1.